The molecule has 1 N–H and O–H groups in total. The number of likely N-dealkylation sites (tertiary alicyclic amines) is 1. The molecule has 1 aromatic carbocycles. The molecule has 1 saturated heterocycles. The highest BCUT2D eigenvalue weighted by molar-refractivity contribution is 7.98. The van der Waals surface area contributed by atoms with Crippen LogP contribution in [0.15, 0.2) is 47.5 Å². The molecule has 23 heavy (non-hydrogen) atoms. The van der Waals surface area contributed by atoms with Crippen LogP contribution in [-0.4, -0.2) is 46.4 Å². The Hall–Kier alpha value is -2.08. The molecule has 2 aromatic rings. The summed E-state index contributed by atoms with van der Waals surface area (Å²) in [7, 11) is 0. The summed E-state index contributed by atoms with van der Waals surface area (Å²) < 4.78 is 0. The maximum Gasteiger partial charge on any atom is 0.223 e. The number of aromatic nitrogens is 2. The highest BCUT2D eigenvalue weighted by Gasteiger charge is 2.30. The van der Waals surface area contributed by atoms with E-state index in [2.05, 4.69) is 46.0 Å². The lowest BCUT2D eigenvalue weighted by Crippen LogP contribution is -2.57. The summed E-state index contributed by atoms with van der Waals surface area (Å²) in [6.07, 6.45) is 5.07. The summed E-state index contributed by atoms with van der Waals surface area (Å²) in [6.45, 7) is 1.47. The van der Waals surface area contributed by atoms with Crippen LogP contribution in [0, 0.1) is 0 Å². The molecule has 5 nitrogen and oxygen atoms in total. The van der Waals surface area contributed by atoms with Crippen molar-refractivity contribution in [1.29, 1.82) is 0 Å². The Morgan fingerprint density at radius 2 is 2.09 bits per heavy atom. The Balaban J connectivity index is 1.40. The van der Waals surface area contributed by atoms with Crippen LogP contribution in [-0.2, 0) is 11.2 Å². The van der Waals surface area contributed by atoms with Gasteiger partial charge in [0.2, 0.25) is 5.91 Å². The molecule has 1 aliphatic rings. The van der Waals surface area contributed by atoms with Crippen molar-refractivity contribution in [2.45, 2.75) is 23.8 Å². The molecule has 1 fully saturated rings. The van der Waals surface area contributed by atoms with Gasteiger partial charge in [-0.25, -0.2) is 0 Å². The molecule has 0 aliphatic carbocycles. The summed E-state index contributed by atoms with van der Waals surface area (Å²) in [4.78, 5) is 15.3. The average Bonchev–Trinajstić information content (AvgIpc) is 2.57. The van der Waals surface area contributed by atoms with Gasteiger partial charge in [-0.2, -0.15) is 5.10 Å². The van der Waals surface area contributed by atoms with Crippen molar-refractivity contribution in [3.8, 4) is 0 Å². The third-order valence-electron chi connectivity index (χ3n) is 3.95. The summed E-state index contributed by atoms with van der Waals surface area (Å²) in [5.74, 6) is 0.981. The van der Waals surface area contributed by atoms with Gasteiger partial charge in [0, 0.05) is 30.6 Å². The van der Waals surface area contributed by atoms with E-state index in [1.54, 1.807) is 18.0 Å². The zero-order valence-electron chi connectivity index (χ0n) is 13.1. The number of thioether (sulfide) groups is 1. The predicted octanol–water partition coefficient (Wildman–Crippen LogP) is 2.45. The largest absolute Gasteiger partial charge is 0.362 e. The van der Waals surface area contributed by atoms with Crippen LogP contribution in [0.5, 0.6) is 0 Å². The number of hydrogen-bond acceptors (Lipinski definition) is 5. The fourth-order valence-electron chi connectivity index (χ4n) is 2.56. The molecule has 120 valence electrons. The van der Waals surface area contributed by atoms with Gasteiger partial charge >= 0.3 is 0 Å². The van der Waals surface area contributed by atoms with Crippen LogP contribution in [0.1, 0.15) is 12.0 Å². The minimum Gasteiger partial charge on any atom is -0.362 e. The topological polar surface area (TPSA) is 58.1 Å². The van der Waals surface area contributed by atoms with Crippen molar-refractivity contribution >= 4 is 23.5 Å². The Labute approximate surface area is 140 Å². The first-order valence-corrected chi connectivity index (χ1v) is 8.92. The van der Waals surface area contributed by atoms with Crippen LogP contribution >= 0.6 is 11.8 Å². The van der Waals surface area contributed by atoms with Gasteiger partial charge in [0.1, 0.15) is 5.82 Å². The Morgan fingerprint density at radius 3 is 2.74 bits per heavy atom. The second-order valence-corrected chi connectivity index (χ2v) is 6.48. The first-order chi connectivity index (χ1) is 11.2. The second kappa shape index (κ2) is 7.46. The van der Waals surface area contributed by atoms with Crippen molar-refractivity contribution in [2.24, 2.45) is 0 Å². The van der Waals surface area contributed by atoms with Gasteiger partial charge in [-0.05, 0) is 42.5 Å². The van der Waals surface area contributed by atoms with Gasteiger partial charge in [0.25, 0.3) is 0 Å². The molecule has 2 heterocycles. The Kier molecular flexibility index (Phi) is 5.12. The van der Waals surface area contributed by atoms with E-state index in [9.17, 15) is 4.79 Å². The molecule has 0 unspecified atom stereocenters. The quantitative estimate of drug-likeness (QED) is 0.826. The molecule has 1 amide bonds. The zero-order chi connectivity index (χ0) is 16.1. The SMILES string of the molecule is CSc1ccc(CCC(=O)N2CC(Nc3cccnn3)C2)cc1. The van der Waals surface area contributed by atoms with Crippen molar-refractivity contribution in [3.05, 3.63) is 48.2 Å². The van der Waals surface area contributed by atoms with E-state index in [0.717, 1.165) is 25.3 Å². The first kappa shape index (κ1) is 15.8. The molecule has 1 aliphatic heterocycles. The molecular weight excluding hydrogens is 308 g/mol. The highest BCUT2D eigenvalue weighted by Crippen LogP contribution is 2.17. The van der Waals surface area contributed by atoms with Gasteiger partial charge in [0.05, 0.1) is 6.04 Å². The number of carbonyl (C=O) groups is 1. The molecule has 0 radical (unpaired) electrons. The number of benzene rings is 1. The number of hydrogen-bond donors (Lipinski definition) is 1. The van der Waals surface area contributed by atoms with Gasteiger partial charge < -0.3 is 10.2 Å². The smallest absolute Gasteiger partial charge is 0.223 e. The molecule has 0 atom stereocenters. The van der Waals surface area contributed by atoms with Crippen molar-refractivity contribution in [3.63, 3.8) is 0 Å². The molecule has 0 saturated carbocycles. The van der Waals surface area contributed by atoms with Crippen LogP contribution in [0.25, 0.3) is 0 Å². The van der Waals surface area contributed by atoms with E-state index < -0.39 is 0 Å². The van der Waals surface area contributed by atoms with Crippen molar-refractivity contribution in [1.82, 2.24) is 15.1 Å². The summed E-state index contributed by atoms with van der Waals surface area (Å²) >= 11 is 1.73. The van der Waals surface area contributed by atoms with E-state index in [-0.39, 0.29) is 11.9 Å². The number of amides is 1. The molecule has 1 aromatic heterocycles. The van der Waals surface area contributed by atoms with Crippen LogP contribution < -0.4 is 5.32 Å². The molecule has 3 rings (SSSR count). The van der Waals surface area contributed by atoms with E-state index in [0.29, 0.717) is 6.42 Å². The minimum atomic E-state index is 0.219. The van der Waals surface area contributed by atoms with E-state index in [1.165, 1.54) is 10.5 Å². The molecule has 0 spiro atoms. The standard InChI is InChI=1S/C17H20N4OS/c1-23-15-7-4-13(5-8-15)6-9-17(22)21-11-14(12-21)19-16-3-2-10-18-20-16/h2-5,7-8,10,14H,6,9,11-12H2,1H3,(H,19,20). The van der Waals surface area contributed by atoms with Gasteiger partial charge in [-0.3, -0.25) is 4.79 Å². The number of aryl methyl sites for hydroxylation is 1. The van der Waals surface area contributed by atoms with Crippen molar-refractivity contribution in [2.75, 3.05) is 24.7 Å². The zero-order valence-corrected chi connectivity index (χ0v) is 13.9. The van der Waals surface area contributed by atoms with Crippen LogP contribution in [0.2, 0.25) is 0 Å². The second-order valence-electron chi connectivity index (χ2n) is 5.60. The van der Waals surface area contributed by atoms with Crippen molar-refractivity contribution < 1.29 is 4.79 Å². The fraction of sp³-hybridized carbons (Fsp3) is 0.353. The lowest BCUT2D eigenvalue weighted by Gasteiger charge is -2.39. The molecular formula is C17H20N4OS. The van der Waals surface area contributed by atoms with E-state index in [1.807, 2.05) is 17.0 Å². The molecule has 0 bridgehead atoms. The normalized spacial score (nSPS) is 14.4. The Morgan fingerprint density at radius 1 is 1.30 bits per heavy atom. The van der Waals surface area contributed by atoms with E-state index >= 15 is 0 Å². The number of anilines is 1. The number of carbonyl (C=O) groups excluding carboxylic acids is 1. The number of nitrogens with zero attached hydrogens (tertiary/aromatic N) is 3. The third-order valence-corrected chi connectivity index (χ3v) is 4.69. The number of nitrogens with one attached hydrogen (secondary N) is 1. The number of rotatable bonds is 6. The monoisotopic (exact) mass is 328 g/mol. The van der Waals surface area contributed by atoms with Gasteiger partial charge in [-0.1, -0.05) is 12.1 Å². The van der Waals surface area contributed by atoms with Gasteiger partial charge in [-0.15, -0.1) is 16.9 Å². The average molecular weight is 328 g/mol. The molecule has 6 heteroatoms. The lowest BCUT2D eigenvalue weighted by molar-refractivity contribution is -0.135. The van der Waals surface area contributed by atoms with Crippen LogP contribution in [0.4, 0.5) is 5.82 Å². The lowest BCUT2D eigenvalue weighted by atomic mass is 10.1. The minimum absolute atomic E-state index is 0.219. The summed E-state index contributed by atoms with van der Waals surface area (Å²) in [6, 6.07) is 12.4. The van der Waals surface area contributed by atoms with E-state index in [4.69, 9.17) is 0 Å². The summed E-state index contributed by atoms with van der Waals surface area (Å²) in [5, 5.41) is 11.1. The predicted molar refractivity (Wildman–Crippen MR) is 92.6 cm³/mol. The first-order valence-electron chi connectivity index (χ1n) is 7.69. The summed E-state index contributed by atoms with van der Waals surface area (Å²) in [5.41, 5.74) is 1.21. The highest BCUT2D eigenvalue weighted by atomic mass is 32.2. The van der Waals surface area contributed by atoms with Crippen LogP contribution in [0.3, 0.4) is 0 Å². The fourth-order valence-corrected chi connectivity index (χ4v) is 2.97. The third kappa shape index (κ3) is 4.22. The maximum absolute atomic E-state index is 12.2. The Bertz CT molecular complexity index is 641. The van der Waals surface area contributed by atoms with Gasteiger partial charge in [0.15, 0.2) is 0 Å². The maximum atomic E-state index is 12.2.